The van der Waals surface area contributed by atoms with Crippen LogP contribution in [0.5, 0.6) is 0 Å². The van der Waals surface area contributed by atoms with Crippen LogP contribution in [0.2, 0.25) is 5.02 Å². The van der Waals surface area contributed by atoms with Gasteiger partial charge in [0.25, 0.3) is 0 Å². The lowest BCUT2D eigenvalue weighted by atomic mass is 9.84. The molecular weight excluding hydrogens is 234 g/mol. The number of nitrogens with two attached hydrogens (primary N) is 1. The first kappa shape index (κ1) is 12.7. The lowest BCUT2D eigenvalue weighted by Gasteiger charge is -2.39. The number of nitrogens with zero attached hydrogens (tertiary/aromatic N) is 2. The Balaban J connectivity index is 2.28. The smallest absolute Gasteiger partial charge is 0.147 e. The topological polar surface area (TPSA) is 42.2 Å². The second kappa shape index (κ2) is 4.83. The highest BCUT2D eigenvalue weighted by Crippen LogP contribution is 2.34. The van der Waals surface area contributed by atoms with Crippen LogP contribution in [0.25, 0.3) is 0 Å². The first-order valence-electron chi connectivity index (χ1n) is 6.12. The standard InChI is InChI=1S/C13H20ClN3/c1-13(2)5-3-7-17(9-13)12-11(14)10(8-15)4-6-16-12/h4,6H,3,5,7-9,15H2,1-2H3. The van der Waals surface area contributed by atoms with Gasteiger partial charge in [0.15, 0.2) is 0 Å². The molecule has 0 spiro atoms. The highest BCUT2D eigenvalue weighted by atomic mass is 35.5. The zero-order chi connectivity index (χ0) is 12.5. The number of anilines is 1. The van der Waals surface area contributed by atoms with Crippen LogP contribution in [-0.2, 0) is 6.54 Å². The fraction of sp³-hybridized carbons (Fsp3) is 0.615. The quantitative estimate of drug-likeness (QED) is 0.881. The summed E-state index contributed by atoms with van der Waals surface area (Å²) >= 11 is 6.35. The van der Waals surface area contributed by atoms with Gasteiger partial charge in [-0.05, 0) is 29.9 Å². The van der Waals surface area contributed by atoms with Crippen molar-refractivity contribution in [3.63, 3.8) is 0 Å². The van der Waals surface area contributed by atoms with Crippen molar-refractivity contribution in [2.45, 2.75) is 33.2 Å². The Morgan fingerprint density at radius 3 is 2.94 bits per heavy atom. The van der Waals surface area contributed by atoms with Crippen LogP contribution >= 0.6 is 11.6 Å². The molecule has 3 nitrogen and oxygen atoms in total. The average Bonchev–Trinajstić information content (AvgIpc) is 2.28. The second-order valence-electron chi connectivity index (χ2n) is 5.50. The highest BCUT2D eigenvalue weighted by molar-refractivity contribution is 6.33. The molecule has 0 aliphatic carbocycles. The van der Waals surface area contributed by atoms with Crippen molar-refractivity contribution in [1.82, 2.24) is 4.98 Å². The van der Waals surface area contributed by atoms with Crippen LogP contribution in [-0.4, -0.2) is 18.1 Å². The van der Waals surface area contributed by atoms with Crippen LogP contribution < -0.4 is 10.6 Å². The molecule has 94 valence electrons. The molecule has 4 heteroatoms. The molecule has 0 radical (unpaired) electrons. The normalized spacial score (nSPS) is 19.4. The Labute approximate surface area is 108 Å². The van der Waals surface area contributed by atoms with Crippen LogP contribution in [0.1, 0.15) is 32.3 Å². The predicted octanol–water partition coefficient (Wildman–Crippen LogP) is 2.82. The molecule has 0 unspecified atom stereocenters. The first-order chi connectivity index (χ1) is 8.03. The van der Waals surface area contributed by atoms with E-state index in [2.05, 4.69) is 23.7 Å². The largest absolute Gasteiger partial charge is 0.355 e. The van der Waals surface area contributed by atoms with E-state index >= 15 is 0 Å². The maximum absolute atomic E-state index is 6.35. The Bertz CT molecular complexity index is 404. The van der Waals surface area contributed by atoms with Crippen LogP contribution in [0.15, 0.2) is 12.3 Å². The van der Waals surface area contributed by atoms with E-state index in [9.17, 15) is 0 Å². The summed E-state index contributed by atoms with van der Waals surface area (Å²) in [4.78, 5) is 6.70. The third kappa shape index (κ3) is 2.72. The molecule has 0 aromatic carbocycles. The molecule has 1 aliphatic rings. The zero-order valence-electron chi connectivity index (χ0n) is 10.5. The average molecular weight is 254 g/mol. The SMILES string of the molecule is CC1(C)CCCN(c2nccc(CN)c2Cl)C1. The van der Waals surface area contributed by atoms with Gasteiger partial charge in [0.05, 0.1) is 5.02 Å². The monoisotopic (exact) mass is 253 g/mol. The van der Waals surface area contributed by atoms with Crippen molar-refractivity contribution in [3.05, 3.63) is 22.8 Å². The lowest BCUT2D eigenvalue weighted by Crippen LogP contribution is -2.40. The molecule has 0 atom stereocenters. The van der Waals surface area contributed by atoms with E-state index in [0.717, 1.165) is 24.5 Å². The Morgan fingerprint density at radius 2 is 2.29 bits per heavy atom. The molecule has 1 saturated heterocycles. The molecule has 17 heavy (non-hydrogen) atoms. The van der Waals surface area contributed by atoms with Crippen molar-refractivity contribution in [2.75, 3.05) is 18.0 Å². The lowest BCUT2D eigenvalue weighted by molar-refractivity contribution is 0.292. The number of aromatic nitrogens is 1. The van der Waals surface area contributed by atoms with Gasteiger partial charge in [-0.25, -0.2) is 4.98 Å². The van der Waals surface area contributed by atoms with Gasteiger partial charge >= 0.3 is 0 Å². The van der Waals surface area contributed by atoms with E-state index in [1.165, 1.54) is 12.8 Å². The molecule has 1 aromatic rings. The Morgan fingerprint density at radius 1 is 1.53 bits per heavy atom. The zero-order valence-corrected chi connectivity index (χ0v) is 11.3. The van der Waals surface area contributed by atoms with Crippen LogP contribution in [0.3, 0.4) is 0 Å². The molecule has 0 amide bonds. The van der Waals surface area contributed by atoms with Gasteiger partial charge in [0.2, 0.25) is 0 Å². The van der Waals surface area contributed by atoms with Gasteiger partial charge in [0.1, 0.15) is 5.82 Å². The minimum atomic E-state index is 0.335. The Hall–Kier alpha value is -0.800. The highest BCUT2D eigenvalue weighted by Gasteiger charge is 2.28. The number of piperidine rings is 1. The van der Waals surface area contributed by atoms with E-state index in [1.54, 1.807) is 6.20 Å². The summed E-state index contributed by atoms with van der Waals surface area (Å²) in [6.45, 7) is 7.09. The van der Waals surface area contributed by atoms with Gasteiger partial charge in [-0.2, -0.15) is 0 Å². The number of hydrogen-bond donors (Lipinski definition) is 1. The maximum Gasteiger partial charge on any atom is 0.147 e. The maximum atomic E-state index is 6.35. The fourth-order valence-electron chi connectivity index (χ4n) is 2.45. The summed E-state index contributed by atoms with van der Waals surface area (Å²) in [7, 11) is 0. The van der Waals surface area contributed by atoms with Crippen molar-refractivity contribution < 1.29 is 0 Å². The number of pyridine rings is 1. The van der Waals surface area contributed by atoms with E-state index in [1.807, 2.05) is 6.07 Å². The van der Waals surface area contributed by atoms with E-state index in [4.69, 9.17) is 17.3 Å². The summed E-state index contributed by atoms with van der Waals surface area (Å²) in [5.74, 6) is 0.891. The van der Waals surface area contributed by atoms with E-state index < -0.39 is 0 Å². The fourth-order valence-corrected chi connectivity index (χ4v) is 2.76. The molecule has 1 aliphatic heterocycles. The van der Waals surface area contributed by atoms with Gasteiger partial charge in [0, 0.05) is 25.8 Å². The summed E-state index contributed by atoms with van der Waals surface area (Å²) in [5.41, 5.74) is 6.98. The van der Waals surface area contributed by atoms with Crippen LogP contribution in [0, 0.1) is 5.41 Å². The molecule has 1 aromatic heterocycles. The third-order valence-corrected chi connectivity index (χ3v) is 3.78. The van der Waals surface area contributed by atoms with Gasteiger partial charge < -0.3 is 10.6 Å². The van der Waals surface area contributed by atoms with E-state index in [-0.39, 0.29) is 0 Å². The first-order valence-corrected chi connectivity index (χ1v) is 6.50. The summed E-state index contributed by atoms with van der Waals surface area (Å²) in [6, 6.07) is 1.89. The van der Waals surface area contributed by atoms with Gasteiger partial charge in [-0.1, -0.05) is 25.4 Å². The molecule has 0 saturated carbocycles. The van der Waals surface area contributed by atoms with Crippen molar-refractivity contribution in [3.8, 4) is 0 Å². The molecule has 0 bridgehead atoms. The second-order valence-corrected chi connectivity index (χ2v) is 5.88. The van der Waals surface area contributed by atoms with Crippen molar-refractivity contribution in [1.29, 1.82) is 0 Å². The number of rotatable bonds is 2. The molecule has 2 heterocycles. The molecule has 1 fully saturated rings. The van der Waals surface area contributed by atoms with Crippen molar-refractivity contribution in [2.24, 2.45) is 11.1 Å². The minimum absolute atomic E-state index is 0.335. The van der Waals surface area contributed by atoms with Crippen molar-refractivity contribution >= 4 is 17.4 Å². The number of hydrogen-bond acceptors (Lipinski definition) is 3. The molecule has 2 N–H and O–H groups in total. The summed E-state index contributed by atoms with van der Waals surface area (Å²) < 4.78 is 0. The summed E-state index contributed by atoms with van der Waals surface area (Å²) in [5, 5.41) is 0.715. The van der Waals surface area contributed by atoms with Gasteiger partial charge in [-0.15, -0.1) is 0 Å². The third-order valence-electron chi connectivity index (χ3n) is 3.37. The van der Waals surface area contributed by atoms with E-state index in [0.29, 0.717) is 17.0 Å². The molecule has 2 rings (SSSR count). The summed E-state index contributed by atoms with van der Waals surface area (Å²) in [6.07, 6.45) is 4.25. The molecular formula is C13H20ClN3. The minimum Gasteiger partial charge on any atom is -0.355 e. The van der Waals surface area contributed by atoms with Crippen LogP contribution in [0.4, 0.5) is 5.82 Å². The number of halogens is 1. The predicted molar refractivity (Wildman–Crippen MR) is 72.4 cm³/mol. The van der Waals surface area contributed by atoms with Gasteiger partial charge in [-0.3, -0.25) is 0 Å². The Kier molecular flexibility index (Phi) is 3.59.